The summed E-state index contributed by atoms with van der Waals surface area (Å²) in [5.74, 6) is -0.352. The highest BCUT2D eigenvalue weighted by Gasteiger charge is 2.20. The van der Waals surface area contributed by atoms with Crippen LogP contribution in [0.15, 0.2) is 29.0 Å². The van der Waals surface area contributed by atoms with Crippen molar-refractivity contribution >= 4 is 27.4 Å². The van der Waals surface area contributed by atoms with Crippen molar-refractivity contribution in [3.05, 3.63) is 34.6 Å². The third-order valence-electron chi connectivity index (χ3n) is 2.10. The number of hydrogen-bond donors (Lipinski definition) is 0. The number of hydrogen-bond acceptors (Lipinski definition) is 3. The second-order valence-electron chi connectivity index (χ2n) is 4.74. The van der Waals surface area contributed by atoms with E-state index in [0.717, 1.165) is 9.99 Å². The zero-order valence-corrected chi connectivity index (χ0v) is 11.5. The lowest BCUT2D eigenvalue weighted by atomic mass is 10.2. The molecule has 0 spiro atoms. The summed E-state index contributed by atoms with van der Waals surface area (Å²) < 4.78 is 7.86. The summed E-state index contributed by atoms with van der Waals surface area (Å²) in [6, 6.07) is 3.70. The Morgan fingerprint density at radius 2 is 2.12 bits per heavy atom. The van der Waals surface area contributed by atoms with Crippen LogP contribution in [-0.4, -0.2) is 21.2 Å². The molecule has 2 aromatic rings. The quantitative estimate of drug-likeness (QED) is 0.760. The van der Waals surface area contributed by atoms with Crippen molar-refractivity contribution in [3.8, 4) is 0 Å². The summed E-state index contributed by atoms with van der Waals surface area (Å²) in [6.07, 6.45) is 3.32. The minimum Gasteiger partial charge on any atom is -0.456 e. The van der Waals surface area contributed by atoms with E-state index in [1.807, 2.05) is 32.9 Å². The molecule has 0 atom stereocenters. The standard InChI is InChI=1S/C12H13BrN2O2/c1-12(2,3)17-11(16)9-6-14-15-7-8(13)4-5-10(9)15/h4-7H,1-3H3. The maximum Gasteiger partial charge on any atom is 0.342 e. The number of aromatic nitrogens is 2. The van der Waals surface area contributed by atoms with E-state index in [9.17, 15) is 4.79 Å². The van der Waals surface area contributed by atoms with Crippen LogP contribution in [0.1, 0.15) is 31.1 Å². The number of fused-ring (bicyclic) bond motifs is 1. The van der Waals surface area contributed by atoms with Crippen molar-refractivity contribution in [2.45, 2.75) is 26.4 Å². The maximum atomic E-state index is 11.9. The lowest BCUT2D eigenvalue weighted by Gasteiger charge is -2.18. The normalized spacial score (nSPS) is 11.8. The smallest absolute Gasteiger partial charge is 0.342 e. The van der Waals surface area contributed by atoms with Crippen molar-refractivity contribution in [2.24, 2.45) is 0 Å². The molecule has 0 saturated carbocycles. The Morgan fingerprint density at radius 1 is 1.41 bits per heavy atom. The molecule has 0 aliphatic heterocycles. The third-order valence-corrected chi connectivity index (χ3v) is 2.57. The summed E-state index contributed by atoms with van der Waals surface area (Å²) in [6.45, 7) is 5.52. The van der Waals surface area contributed by atoms with Crippen molar-refractivity contribution in [2.75, 3.05) is 0 Å². The van der Waals surface area contributed by atoms with Crippen LogP contribution in [0.2, 0.25) is 0 Å². The predicted octanol–water partition coefficient (Wildman–Crippen LogP) is 3.05. The minimum absolute atomic E-state index is 0.352. The molecule has 17 heavy (non-hydrogen) atoms. The van der Waals surface area contributed by atoms with Gasteiger partial charge in [0.1, 0.15) is 11.2 Å². The molecule has 0 unspecified atom stereocenters. The Labute approximate surface area is 108 Å². The Hall–Kier alpha value is -1.36. The molecule has 4 nitrogen and oxygen atoms in total. The van der Waals surface area contributed by atoms with Gasteiger partial charge in [-0.15, -0.1) is 0 Å². The topological polar surface area (TPSA) is 43.6 Å². The number of ether oxygens (including phenoxy) is 1. The van der Waals surface area contributed by atoms with Gasteiger partial charge in [0.15, 0.2) is 0 Å². The highest BCUT2D eigenvalue weighted by atomic mass is 79.9. The highest BCUT2D eigenvalue weighted by molar-refractivity contribution is 9.10. The minimum atomic E-state index is -0.499. The van der Waals surface area contributed by atoms with Crippen LogP contribution >= 0.6 is 15.9 Å². The van der Waals surface area contributed by atoms with Crippen molar-refractivity contribution in [1.29, 1.82) is 0 Å². The summed E-state index contributed by atoms with van der Waals surface area (Å²) in [5, 5.41) is 4.12. The second kappa shape index (κ2) is 4.14. The van der Waals surface area contributed by atoms with Crippen LogP contribution in [0.5, 0.6) is 0 Å². The van der Waals surface area contributed by atoms with Gasteiger partial charge >= 0.3 is 5.97 Å². The Balaban J connectivity index is 2.40. The van der Waals surface area contributed by atoms with E-state index in [-0.39, 0.29) is 5.97 Å². The highest BCUT2D eigenvalue weighted by Crippen LogP contribution is 2.18. The average Bonchev–Trinajstić information content (AvgIpc) is 2.57. The molecule has 0 N–H and O–H groups in total. The predicted molar refractivity (Wildman–Crippen MR) is 68.1 cm³/mol. The fraction of sp³-hybridized carbons (Fsp3) is 0.333. The fourth-order valence-corrected chi connectivity index (χ4v) is 1.78. The number of nitrogens with zero attached hydrogens (tertiary/aromatic N) is 2. The van der Waals surface area contributed by atoms with E-state index in [0.29, 0.717) is 5.56 Å². The summed E-state index contributed by atoms with van der Waals surface area (Å²) in [7, 11) is 0. The summed E-state index contributed by atoms with van der Waals surface area (Å²) in [5.41, 5.74) is 0.718. The van der Waals surface area contributed by atoms with E-state index >= 15 is 0 Å². The number of halogens is 1. The van der Waals surface area contributed by atoms with Gasteiger partial charge in [0.25, 0.3) is 0 Å². The van der Waals surface area contributed by atoms with Crippen LogP contribution in [-0.2, 0) is 4.74 Å². The molecule has 0 aliphatic carbocycles. The first kappa shape index (κ1) is 12.1. The maximum absolute atomic E-state index is 11.9. The molecular weight excluding hydrogens is 284 g/mol. The monoisotopic (exact) mass is 296 g/mol. The molecule has 0 bridgehead atoms. The van der Waals surface area contributed by atoms with Gasteiger partial charge in [0, 0.05) is 10.7 Å². The zero-order valence-electron chi connectivity index (χ0n) is 9.90. The first-order valence-electron chi connectivity index (χ1n) is 5.23. The first-order valence-corrected chi connectivity index (χ1v) is 6.02. The largest absolute Gasteiger partial charge is 0.456 e. The summed E-state index contributed by atoms with van der Waals surface area (Å²) in [4.78, 5) is 11.9. The molecule has 0 aromatic carbocycles. The molecule has 90 valence electrons. The van der Waals surface area contributed by atoms with Gasteiger partial charge in [0.2, 0.25) is 0 Å². The van der Waals surface area contributed by atoms with Gasteiger partial charge < -0.3 is 4.74 Å². The van der Waals surface area contributed by atoms with Crippen LogP contribution in [0.4, 0.5) is 0 Å². The number of carbonyl (C=O) groups excluding carboxylic acids is 1. The lowest BCUT2D eigenvalue weighted by molar-refractivity contribution is 0.00718. The number of pyridine rings is 1. The van der Waals surface area contributed by atoms with Gasteiger partial charge in [-0.25, -0.2) is 9.31 Å². The number of rotatable bonds is 1. The molecule has 5 heteroatoms. The van der Waals surface area contributed by atoms with Gasteiger partial charge in [-0.3, -0.25) is 0 Å². The van der Waals surface area contributed by atoms with Crippen molar-refractivity contribution in [1.82, 2.24) is 9.61 Å². The molecule has 2 aromatic heterocycles. The van der Waals surface area contributed by atoms with Crippen molar-refractivity contribution < 1.29 is 9.53 Å². The molecular formula is C12H13BrN2O2. The third kappa shape index (κ3) is 2.66. The van der Waals surface area contributed by atoms with E-state index in [1.165, 1.54) is 6.20 Å². The molecule has 0 radical (unpaired) electrons. The van der Waals surface area contributed by atoms with E-state index in [1.54, 1.807) is 10.7 Å². The number of esters is 1. The van der Waals surface area contributed by atoms with Gasteiger partial charge in [-0.1, -0.05) is 0 Å². The average molecular weight is 297 g/mol. The van der Waals surface area contributed by atoms with Crippen LogP contribution in [0, 0.1) is 0 Å². The van der Waals surface area contributed by atoms with Crippen molar-refractivity contribution in [3.63, 3.8) is 0 Å². The number of carbonyl (C=O) groups is 1. The Morgan fingerprint density at radius 3 is 2.76 bits per heavy atom. The molecule has 2 rings (SSSR count). The first-order chi connectivity index (χ1) is 7.87. The fourth-order valence-electron chi connectivity index (χ4n) is 1.45. The van der Waals surface area contributed by atoms with E-state index in [2.05, 4.69) is 21.0 Å². The second-order valence-corrected chi connectivity index (χ2v) is 5.65. The van der Waals surface area contributed by atoms with Gasteiger partial charge in [0.05, 0.1) is 11.7 Å². The molecule has 0 amide bonds. The lowest BCUT2D eigenvalue weighted by Crippen LogP contribution is -2.23. The van der Waals surface area contributed by atoms with Crippen LogP contribution in [0.25, 0.3) is 5.52 Å². The molecule has 0 fully saturated rings. The Bertz CT molecular complexity index is 569. The van der Waals surface area contributed by atoms with Crippen LogP contribution < -0.4 is 0 Å². The van der Waals surface area contributed by atoms with Gasteiger partial charge in [-0.05, 0) is 48.8 Å². The summed E-state index contributed by atoms with van der Waals surface area (Å²) >= 11 is 3.35. The van der Waals surface area contributed by atoms with E-state index < -0.39 is 5.60 Å². The van der Waals surface area contributed by atoms with Crippen LogP contribution in [0.3, 0.4) is 0 Å². The van der Waals surface area contributed by atoms with Gasteiger partial charge in [-0.2, -0.15) is 5.10 Å². The molecule has 0 aliphatic rings. The Kier molecular flexibility index (Phi) is 2.95. The zero-order chi connectivity index (χ0) is 12.6. The molecule has 2 heterocycles. The molecule has 0 saturated heterocycles. The SMILES string of the molecule is CC(C)(C)OC(=O)c1cnn2cc(Br)ccc12. The van der Waals surface area contributed by atoms with E-state index in [4.69, 9.17) is 4.74 Å².